The van der Waals surface area contributed by atoms with E-state index >= 15 is 0 Å². The van der Waals surface area contributed by atoms with Crippen LogP contribution < -0.4 is 5.32 Å². The molecule has 1 N–H and O–H groups in total. The van der Waals surface area contributed by atoms with E-state index in [1.54, 1.807) is 6.07 Å². The lowest BCUT2D eigenvalue weighted by Crippen LogP contribution is -2.31. The van der Waals surface area contributed by atoms with Gasteiger partial charge in [-0.25, -0.2) is 8.42 Å². The molecule has 112 valence electrons. The van der Waals surface area contributed by atoms with Crippen LogP contribution in [0.5, 0.6) is 0 Å². The van der Waals surface area contributed by atoms with Crippen LogP contribution in [0, 0.1) is 5.92 Å². The van der Waals surface area contributed by atoms with Crippen LogP contribution in [0.3, 0.4) is 0 Å². The molecular weight excluding hydrogens is 292 g/mol. The summed E-state index contributed by atoms with van der Waals surface area (Å²) >= 11 is 0. The lowest BCUT2D eigenvalue weighted by atomic mass is 10.1. The van der Waals surface area contributed by atoms with Gasteiger partial charge in [0.05, 0.1) is 17.9 Å². The lowest BCUT2D eigenvalue weighted by molar-refractivity contribution is -0.120. The van der Waals surface area contributed by atoms with Crippen molar-refractivity contribution in [2.45, 2.75) is 12.8 Å². The Morgan fingerprint density at radius 1 is 1.38 bits per heavy atom. The van der Waals surface area contributed by atoms with Crippen LogP contribution in [-0.2, 0) is 21.1 Å². The second kappa shape index (κ2) is 5.48. The molecule has 2 aromatic rings. The van der Waals surface area contributed by atoms with Crippen molar-refractivity contribution in [1.82, 2.24) is 10.5 Å². The molecule has 0 bridgehead atoms. The van der Waals surface area contributed by atoms with E-state index in [0.29, 0.717) is 24.2 Å². The molecule has 3 rings (SSSR count). The van der Waals surface area contributed by atoms with Crippen LogP contribution in [0.25, 0.3) is 11.0 Å². The summed E-state index contributed by atoms with van der Waals surface area (Å²) in [5.41, 5.74) is 1.25. The summed E-state index contributed by atoms with van der Waals surface area (Å²) in [4.78, 5) is 11.9. The largest absolute Gasteiger partial charge is 0.356 e. The average Bonchev–Trinajstić information content (AvgIpc) is 3.01. The fraction of sp³-hybridized carbons (Fsp3) is 0.429. The zero-order valence-corrected chi connectivity index (χ0v) is 12.2. The van der Waals surface area contributed by atoms with Gasteiger partial charge in [-0.15, -0.1) is 0 Å². The molecule has 0 aliphatic carbocycles. The van der Waals surface area contributed by atoms with Gasteiger partial charge < -0.3 is 9.84 Å². The van der Waals surface area contributed by atoms with Crippen molar-refractivity contribution >= 4 is 26.7 Å². The van der Waals surface area contributed by atoms with E-state index in [4.69, 9.17) is 4.52 Å². The molecule has 1 saturated heterocycles. The van der Waals surface area contributed by atoms with E-state index in [2.05, 4.69) is 10.5 Å². The molecule has 2 heterocycles. The molecule has 1 amide bonds. The first-order chi connectivity index (χ1) is 10.0. The molecule has 1 aliphatic rings. The van der Waals surface area contributed by atoms with Gasteiger partial charge in [0.25, 0.3) is 0 Å². The quantitative estimate of drug-likeness (QED) is 0.907. The predicted molar refractivity (Wildman–Crippen MR) is 77.5 cm³/mol. The number of aromatic nitrogens is 1. The summed E-state index contributed by atoms with van der Waals surface area (Å²) in [7, 11) is -2.90. The summed E-state index contributed by atoms with van der Waals surface area (Å²) in [6.07, 6.45) is 0.756. The number of para-hydroxylation sites is 1. The Morgan fingerprint density at radius 3 is 2.95 bits per heavy atom. The number of sulfone groups is 1. The van der Waals surface area contributed by atoms with Crippen molar-refractivity contribution in [1.29, 1.82) is 0 Å². The summed E-state index contributed by atoms with van der Waals surface area (Å²) in [5.74, 6) is 0.244. The molecule has 1 aliphatic heterocycles. The van der Waals surface area contributed by atoms with E-state index in [1.165, 1.54) is 0 Å². The van der Waals surface area contributed by atoms with Crippen LogP contribution in [0.4, 0.5) is 0 Å². The number of fused-ring (bicyclic) bond motifs is 1. The van der Waals surface area contributed by atoms with E-state index in [0.717, 1.165) is 5.39 Å². The van der Waals surface area contributed by atoms with E-state index < -0.39 is 9.84 Å². The number of nitrogens with one attached hydrogen (secondary N) is 1. The normalized spacial score (nSPS) is 20.7. The number of carbonyl (C=O) groups is 1. The van der Waals surface area contributed by atoms with E-state index in [-0.39, 0.29) is 29.8 Å². The van der Waals surface area contributed by atoms with Gasteiger partial charge in [0, 0.05) is 11.9 Å². The molecule has 6 nitrogen and oxygen atoms in total. The molecule has 21 heavy (non-hydrogen) atoms. The van der Waals surface area contributed by atoms with Crippen molar-refractivity contribution in [3.05, 3.63) is 30.0 Å². The highest BCUT2D eigenvalue weighted by Gasteiger charge is 2.28. The molecule has 1 unspecified atom stereocenters. The number of amides is 1. The van der Waals surface area contributed by atoms with Crippen LogP contribution >= 0.6 is 0 Å². The minimum absolute atomic E-state index is 0.0213. The highest BCUT2D eigenvalue weighted by atomic mass is 32.2. The summed E-state index contributed by atoms with van der Waals surface area (Å²) in [6, 6.07) is 7.37. The Hall–Kier alpha value is -1.89. The predicted octanol–water partition coefficient (Wildman–Crippen LogP) is 0.921. The van der Waals surface area contributed by atoms with Crippen LogP contribution in [-0.4, -0.2) is 37.5 Å². The van der Waals surface area contributed by atoms with Gasteiger partial charge in [-0.1, -0.05) is 17.3 Å². The van der Waals surface area contributed by atoms with Gasteiger partial charge in [0.1, 0.15) is 5.69 Å². The maximum absolute atomic E-state index is 11.9. The van der Waals surface area contributed by atoms with Gasteiger partial charge in [-0.3, -0.25) is 4.79 Å². The first-order valence-corrected chi connectivity index (χ1v) is 8.66. The molecule has 1 fully saturated rings. The van der Waals surface area contributed by atoms with Gasteiger partial charge in [-0.05, 0) is 24.5 Å². The fourth-order valence-corrected chi connectivity index (χ4v) is 4.43. The van der Waals surface area contributed by atoms with Crippen molar-refractivity contribution in [3.8, 4) is 0 Å². The number of hydrogen-bond acceptors (Lipinski definition) is 5. The summed E-state index contributed by atoms with van der Waals surface area (Å²) in [6.45, 7) is 0.397. The number of hydrogen-bond donors (Lipinski definition) is 1. The topological polar surface area (TPSA) is 89.3 Å². The van der Waals surface area contributed by atoms with E-state index in [9.17, 15) is 13.2 Å². The monoisotopic (exact) mass is 308 g/mol. The summed E-state index contributed by atoms with van der Waals surface area (Å²) < 4.78 is 27.9. The van der Waals surface area contributed by atoms with Crippen molar-refractivity contribution in [3.63, 3.8) is 0 Å². The maximum Gasteiger partial charge on any atom is 0.226 e. The Labute approximate surface area is 122 Å². The Morgan fingerprint density at radius 2 is 2.19 bits per heavy atom. The Kier molecular flexibility index (Phi) is 3.67. The van der Waals surface area contributed by atoms with Gasteiger partial charge in [0.2, 0.25) is 5.91 Å². The minimum atomic E-state index is -2.90. The third kappa shape index (κ3) is 3.24. The molecule has 0 spiro atoms. The average molecular weight is 308 g/mol. The Bertz CT molecular complexity index is 766. The minimum Gasteiger partial charge on any atom is -0.356 e. The molecule has 0 saturated carbocycles. The fourth-order valence-electron chi connectivity index (χ4n) is 2.57. The van der Waals surface area contributed by atoms with Gasteiger partial charge in [0.15, 0.2) is 15.4 Å². The van der Waals surface area contributed by atoms with Crippen LogP contribution in [0.1, 0.15) is 12.1 Å². The highest BCUT2D eigenvalue weighted by Crippen LogP contribution is 2.19. The lowest BCUT2D eigenvalue weighted by Gasteiger charge is -2.08. The summed E-state index contributed by atoms with van der Waals surface area (Å²) in [5, 5.41) is 7.52. The maximum atomic E-state index is 11.9. The zero-order valence-electron chi connectivity index (χ0n) is 11.4. The molecule has 1 atom stereocenters. The SMILES string of the molecule is O=C(Cc1noc2ccccc12)NCC1CCS(=O)(=O)C1. The second-order valence-electron chi connectivity index (χ2n) is 5.38. The van der Waals surface area contributed by atoms with Gasteiger partial charge in [-0.2, -0.15) is 0 Å². The first kappa shape index (κ1) is 14.1. The Balaban J connectivity index is 1.57. The van der Waals surface area contributed by atoms with Crippen LogP contribution in [0.2, 0.25) is 0 Å². The third-order valence-corrected chi connectivity index (χ3v) is 5.53. The van der Waals surface area contributed by atoms with Crippen LogP contribution in [0.15, 0.2) is 28.8 Å². The van der Waals surface area contributed by atoms with E-state index in [1.807, 2.05) is 18.2 Å². The van der Waals surface area contributed by atoms with Crippen molar-refractivity contribution in [2.24, 2.45) is 5.92 Å². The molecular formula is C14H16N2O4S. The number of carbonyl (C=O) groups excluding carboxylic acids is 1. The zero-order chi connectivity index (χ0) is 14.9. The molecule has 0 radical (unpaired) electrons. The molecule has 1 aromatic carbocycles. The van der Waals surface area contributed by atoms with Crippen molar-refractivity contribution in [2.75, 3.05) is 18.1 Å². The molecule has 1 aromatic heterocycles. The number of benzene rings is 1. The smallest absolute Gasteiger partial charge is 0.226 e. The first-order valence-electron chi connectivity index (χ1n) is 6.84. The van der Waals surface area contributed by atoms with Crippen molar-refractivity contribution < 1.29 is 17.7 Å². The highest BCUT2D eigenvalue weighted by molar-refractivity contribution is 7.91. The number of nitrogens with zero attached hydrogens (tertiary/aromatic N) is 1. The molecule has 7 heteroatoms. The van der Waals surface area contributed by atoms with Gasteiger partial charge >= 0.3 is 0 Å². The third-order valence-electron chi connectivity index (χ3n) is 3.69. The number of rotatable bonds is 4. The standard InChI is InChI=1S/C14H16N2O4S/c17-14(15-8-10-5-6-21(18,19)9-10)7-12-11-3-1-2-4-13(11)20-16-12/h1-4,10H,5-9H2,(H,15,17). The second-order valence-corrected chi connectivity index (χ2v) is 7.60.